The van der Waals surface area contributed by atoms with Crippen molar-refractivity contribution in [2.75, 3.05) is 38.6 Å². The number of hydrogen-bond donors (Lipinski definition) is 0. The summed E-state index contributed by atoms with van der Waals surface area (Å²) in [6, 6.07) is 3.86. The van der Waals surface area contributed by atoms with E-state index < -0.39 is 0 Å². The fourth-order valence-electron chi connectivity index (χ4n) is 3.83. The molecule has 1 fully saturated rings. The van der Waals surface area contributed by atoms with Crippen LogP contribution < -0.4 is 9.64 Å². The molecule has 0 bridgehead atoms. The Bertz CT molecular complexity index is 568. The third kappa shape index (κ3) is 4.82. The first kappa shape index (κ1) is 17.9. The van der Waals surface area contributed by atoms with Crippen LogP contribution in [0.15, 0.2) is 36.9 Å². The van der Waals surface area contributed by atoms with Gasteiger partial charge >= 0.3 is 0 Å². The van der Waals surface area contributed by atoms with Gasteiger partial charge in [-0.1, -0.05) is 18.2 Å². The van der Waals surface area contributed by atoms with Gasteiger partial charge in [0.25, 0.3) is 0 Å². The number of rotatable bonds is 8. The van der Waals surface area contributed by atoms with Crippen molar-refractivity contribution in [3.05, 3.63) is 36.9 Å². The van der Waals surface area contributed by atoms with Gasteiger partial charge in [-0.05, 0) is 43.6 Å². The van der Waals surface area contributed by atoms with Crippen molar-refractivity contribution < 1.29 is 4.74 Å². The maximum Gasteiger partial charge on any atom is 0.233 e. The van der Waals surface area contributed by atoms with E-state index in [0.29, 0.717) is 5.88 Å². The zero-order valence-corrected chi connectivity index (χ0v) is 15.5. The van der Waals surface area contributed by atoms with E-state index in [1.165, 1.54) is 25.9 Å². The molecule has 5 nitrogen and oxygen atoms in total. The van der Waals surface area contributed by atoms with Crippen LogP contribution in [-0.4, -0.2) is 54.9 Å². The van der Waals surface area contributed by atoms with E-state index in [0.717, 1.165) is 37.0 Å². The lowest BCUT2D eigenvalue weighted by Crippen LogP contribution is -2.34. The van der Waals surface area contributed by atoms with Crippen molar-refractivity contribution in [1.82, 2.24) is 15.1 Å². The zero-order valence-electron chi connectivity index (χ0n) is 15.5. The Kier molecular flexibility index (Phi) is 6.08. The van der Waals surface area contributed by atoms with Crippen molar-refractivity contribution >= 4 is 5.82 Å². The number of fused-ring (bicyclic) bond motifs is 1. The summed E-state index contributed by atoms with van der Waals surface area (Å²) in [5, 5.41) is 8.44. The highest BCUT2D eigenvalue weighted by molar-refractivity contribution is 5.35. The number of nitrogens with zero attached hydrogens (tertiary/aromatic N) is 4. The van der Waals surface area contributed by atoms with Crippen LogP contribution in [0.2, 0.25) is 0 Å². The topological polar surface area (TPSA) is 41.5 Å². The standard InChI is InChI=1S/C20H30N4O/c1-4-5-10-18(25-20-12-11-19(21-22-20)23(2)3)15-24-13-16-8-6-7-9-17(16)14-24/h4,6-7,11-12,16-18H,1,5,8-10,13-15H2,2-3H3/t16-,17+,18-/m0/s1. The van der Waals surface area contributed by atoms with Crippen molar-refractivity contribution in [1.29, 1.82) is 0 Å². The van der Waals surface area contributed by atoms with Crippen LogP contribution in [0.25, 0.3) is 0 Å². The van der Waals surface area contributed by atoms with E-state index in [1.807, 2.05) is 37.2 Å². The fourth-order valence-corrected chi connectivity index (χ4v) is 3.83. The van der Waals surface area contributed by atoms with Crippen molar-refractivity contribution in [2.24, 2.45) is 11.8 Å². The Balaban J connectivity index is 1.58. The largest absolute Gasteiger partial charge is 0.472 e. The van der Waals surface area contributed by atoms with Crippen LogP contribution in [0, 0.1) is 11.8 Å². The van der Waals surface area contributed by atoms with Crippen molar-refractivity contribution in [3.8, 4) is 5.88 Å². The minimum absolute atomic E-state index is 0.130. The molecule has 0 aromatic carbocycles. The van der Waals surface area contributed by atoms with Crippen molar-refractivity contribution in [3.63, 3.8) is 0 Å². The third-order valence-electron chi connectivity index (χ3n) is 5.22. The maximum atomic E-state index is 6.17. The third-order valence-corrected chi connectivity index (χ3v) is 5.22. The molecule has 2 aliphatic rings. The lowest BCUT2D eigenvalue weighted by molar-refractivity contribution is 0.130. The van der Waals surface area contributed by atoms with E-state index in [9.17, 15) is 0 Å². The van der Waals surface area contributed by atoms with E-state index in [-0.39, 0.29) is 6.10 Å². The monoisotopic (exact) mass is 342 g/mol. The minimum Gasteiger partial charge on any atom is -0.472 e. The van der Waals surface area contributed by atoms with Gasteiger partial charge in [-0.2, -0.15) is 0 Å². The molecule has 1 aliphatic heterocycles. The number of likely N-dealkylation sites (tertiary alicyclic amines) is 1. The summed E-state index contributed by atoms with van der Waals surface area (Å²) in [6.07, 6.45) is 11.2. The Hall–Kier alpha value is -1.88. The first-order valence-electron chi connectivity index (χ1n) is 9.31. The van der Waals surface area contributed by atoms with Crippen LogP contribution in [0.1, 0.15) is 25.7 Å². The minimum atomic E-state index is 0.130. The van der Waals surface area contributed by atoms with E-state index in [4.69, 9.17) is 4.74 Å². The number of hydrogen-bond acceptors (Lipinski definition) is 5. The van der Waals surface area contributed by atoms with E-state index >= 15 is 0 Å². The molecule has 0 spiro atoms. The summed E-state index contributed by atoms with van der Waals surface area (Å²) in [4.78, 5) is 4.50. The van der Waals surface area contributed by atoms with Gasteiger partial charge in [-0.3, -0.25) is 4.90 Å². The molecule has 1 aromatic rings. The average Bonchev–Trinajstić information content (AvgIpc) is 3.02. The van der Waals surface area contributed by atoms with Crippen LogP contribution in [-0.2, 0) is 0 Å². The van der Waals surface area contributed by atoms with Crippen LogP contribution in [0.4, 0.5) is 5.82 Å². The highest BCUT2D eigenvalue weighted by atomic mass is 16.5. The van der Waals surface area contributed by atoms with Gasteiger partial charge in [-0.15, -0.1) is 16.8 Å². The van der Waals surface area contributed by atoms with Crippen LogP contribution >= 0.6 is 0 Å². The molecule has 0 unspecified atom stereocenters. The molecule has 0 N–H and O–H groups in total. The molecule has 0 saturated carbocycles. The Morgan fingerprint density at radius 2 is 1.96 bits per heavy atom. The fraction of sp³-hybridized carbons (Fsp3) is 0.600. The predicted molar refractivity (Wildman–Crippen MR) is 102 cm³/mol. The second-order valence-corrected chi connectivity index (χ2v) is 7.41. The summed E-state index contributed by atoms with van der Waals surface area (Å²) in [5.74, 6) is 3.09. The number of allylic oxidation sites excluding steroid dienone is 3. The van der Waals surface area contributed by atoms with Gasteiger partial charge in [0.15, 0.2) is 5.82 Å². The average molecular weight is 342 g/mol. The molecule has 0 amide bonds. The smallest absolute Gasteiger partial charge is 0.233 e. The van der Waals surface area contributed by atoms with Gasteiger partial charge in [0, 0.05) is 39.8 Å². The second kappa shape index (κ2) is 8.48. The van der Waals surface area contributed by atoms with Gasteiger partial charge < -0.3 is 9.64 Å². The molecule has 5 heteroatoms. The first-order chi connectivity index (χ1) is 12.2. The summed E-state index contributed by atoms with van der Waals surface area (Å²) in [7, 11) is 3.91. The molecule has 1 saturated heterocycles. The molecule has 1 aliphatic carbocycles. The van der Waals surface area contributed by atoms with E-state index in [1.54, 1.807) is 0 Å². The summed E-state index contributed by atoms with van der Waals surface area (Å²) >= 11 is 0. The highest BCUT2D eigenvalue weighted by Crippen LogP contribution is 2.33. The molecule has 3 rings (SSSR count). The SMILES string of the molecule is C=CCC[C@@H](CN1C[C@H]2CC=CC[C@H]2C1)Oc1ccc(N(C)C)nn1. The molecular formula is C20H30N4O. The predicted octanol–water partition coefficient (Wildman–Crippen LogP) is 3.15. The summed E-state index contributed by atoms with van der Waals surface area (Å²) in [5.41, 5.74) is 0. The summed E-state index contributed by atoms with van der Waals surface area (Å²) < 4.78 is 6.17. The van der Waals surface area contributed by atoms with Gasteiger partial charge in [0.1, 0.15) is 6.10 Å². The quantitative estimate of drug-likeness (QED) is 0.679. The zero-order chi connectivity index (χ0) is 17.6. The van der Waals surface area contributed by atoms with Crippen LogP contribution in [0.3, 0.4) is 0 Å². The Labute approximate surface area is 151 Å². The first-order valence-corrected chi connectivity index (χ1v) is 9.31. The number of aromatic nitrogens is 2. The summed E-state index contributed by atoms with van der Waals surface area (Å²) in [6.45, 7) is 7.18. The lowest BCUT2D eigenvalue weighted by atomic mass is 9.86. The Morgan fingerprint density at radius 1 is 1.24 bits per heavy atom. The van der Waals surface area contributed by atoms with Crippen LogP contribution in [0.5, 0.6) is 5.88 Å². The van der Waals surface area contributed by atoms with Gasteiger partial charge in [0.2, 0.25) is 5.88 Å². The van der Waals surface area contributed by atoms with Crippen molar-refractivity contribution in [2.45, 2.75) is 31.8 Å². The number of anilines is 1. The highest BCUT2D eigenvalue weighted by Gasteiger charge is 2.33. The molecule has 25 heavy (non-hydrogen) atoms. The van der Waals surface area contributed by atoms with Gasteiger partial charge in [0.05, 0.1) is 0 Å². The maximum absolute atomic E-state index is 6.17. The molecule has 3 atom stereocenters. The van der Waals surface area contributed by atoms with E-state index in [2.05, 4.69) is 33.8 Å². The Morgan fingerprint density at radius 3 is 2.52 bits per heavy atom. The molecule has 1 aromatic heterocycles. The second-order valence-electron chi connectivity index (χ2n) is 7.41. The molecular weight excluding hydrogens is 312 g/mol. The lowest BCUT2D eigenvalue weighted by Gasteiger charge is -2.24. The number of ether oxygens (including phenoxy) is 1. The molecule has 0 radical (unpaired) electrons. The molecule has 2 heterocycles. The molecule has 136 valence electrons. The normalized spacial score (nSPS) is 23.9. The van der Waals surface area contributed by atoms with Gasteiger partial charge in [-0.25, -0.2) is 0 Å².